The van der Waals surface area contributed by atoms with Gasteiger partial charge in [-0.25, -0.2) is 8.42 Å². The first kappa shape index (κ1) is 15.2. The van der Waals surface area contributed by atoms with Gasteiger partial charge in [-0.1, -0.05) is 36.4 Å². The number of fused-ring (bicyclic) bond motifs is 2. The van der Waals surface area contributed by atoms with Crippen LogP contribution in [0.3, 0.4) is 0 Å². The van der Waals surface area contributed by atoms with Crippen LogP contribution < -0.4 is 0 Å². The molecule has 0 bridgehead atoms. The molecule has 2 aliphatic rings. The molecule has 0 aromatic heterocycles. The molecule has 1 aliphatic heterocycles. The third-order valence-corrected chi connectivity index (χ3v) is 6.54. The molecule has 122 valence electrons. The van der Waals surface area contributed by atoms with Crippen molar-refractivity contribution in [2.75, 3.05) is 13.1 Å². The summed E-state index contributed by atoms with van der Waals surface area (Å²) in [6.07, 6.45) is 1.62. The van der Waals surface area contributed by atoms with E-state index in [2.05, 4.69) is 0 Å². The van der Waals surface area contributed by atoms with Crippen LogP contribution >= 0.6 is 0 Å². The van der Waals surface area contributed by atoms with E-state index < -0.39 is 15.8 Å². The van der Waals surface area contributed by atoms with Crippen molar-refractivity contribution >= 4 is 21.6 Å². The monoisotopic (exact) mass is 341 g/mol. The molecule has 24 heavy (non-hydrogen) atoms. The minimum absolute atomic E-state index is 0.00750. The number of ketones is 2. The van der Waals surface area contributed by atoms with E-state index in [1.165, 1.54) is 22.5 Å². The molecule has 2 aromatic carbocycles. The molecule has 1 aliphatic carbocycles. The number of sulfonamides is 1. The van der Waals surface area contributed by atoms with Crippen molar-refractivity contribution in [3.05, 3.63) is 64.7 Å². The van der Waals surface area contributed by atoms with Crippen molar-refractivity contribution in [1.29, 1.82) is 0 Å². The number of hydrogen-bond donors (Lipinski definition) is 0. The maximum absolute atomic E-state index is 12.9. The lowest BCUT2D eigenvalue weighted by Crippen LogP contribution is -2.31. The molecule has 0 amide bonds. The second-order valence-electron chi connectivity index (χ2n) is 5.99. The Bertz CT molecular complexity index is 972. The van der Waals surface area contributed by atoms with Crippen molar-refractivity contribution in [3.63, 3.8) is 0 Å². The Morgan fingerprint density at radius 2 is 1.33 bits per heavy atom. The zero-order valence-corrected chi connectivity index (χ0v) is 13.7. The first-order chi connectivity index (χ1) is 11.5. The standard InChI is InChI=1S/C18H15NO4S/c20-17-12-6-1-2-7-13(12)18(21)16-14(17)8-5-9-15(16)24(22,23)19-10-3-4-11-19/h1-2,5-9H,3-4,10-11H2. The average Bonchev–Trinajstić information content (AvgIpc) is 3.14. The lowest BCUT2D eigenvalue weighted by molar-refractivity contribution is 0.0976. The molecule has 5 nitrogen and oxygen atoms in total. The lowest BCUT2D eigenvalue weighted by Gasteiger charge is -2.22. The van der Waals surface area contributed by atoms with E-state index in [4.69, 9.17) is 0 Å². The summed E-state index contributed by atoms with van der Waals surface area (Å²) in [6.45, 7) is 0.898. The Morgan fingerprint density at radius 3 is 2.00 bits per heavy atom. The predicted octanol–water partition coefficient (Wildman–Crippen LogP) is 2.25. The Kier molecular flexibility index (Phi) is 3.40. The van der Waals surface area contributed by atoms with Gasteiger partial charge in [0.25, 0.3) is 0 Å². The van der Waals surface area contributed by atoms with Crippen LogP contribution in [0.2, 0.25) is 0 Å². The first-order valence-electron chi connectivity index (χ1n) is 7.83. The molecule has 0 saturated carbocycles. The SMILES string of the molecule is O=C1c2ccccc2C(=O)c2c1cccc2S(=O)(=O)N1CCCC1. The van der Waals surface area contributed by atoms with Crippen molar-refractivity contribution in [2.45, 2.75) is 17.7 Å². The summed E-state index contributed by atoms with van der Waals surface area (Å²) in [5.41, 5.74) is 0.761. The zero-order valence-electron chi connectivity index (χ0n) is 12.9. The molecule has 2 aromatic rings. The van der Waals surface area contributed by atoms with Crippen molar-refractivity contribution in [3.8, 4) is 0 Å². The van der Waals surface area contributed by atoms with Gasteiger partial charge in [-0.15, -0.1) is 0 Å². The zero-order chi connectivity index (χ0) is 16.9. The molecule has 0 atom stereocenters. The van der Waals surface area contributed by atoms with Crippen LogP contribution in [0.5, 0.6) is 0 Å². The van der Waals surface area contributed by atoms with Gasteiger partial charge in [-0.05, 0) is 18.9 Å². The van der Waals surface area contributed by atoms with Gasteiger partial charge in [0.2, 0.25) is 10.0 Å². The normalized spacial score (nSPS) is 17.7. The van der Waals surface area contributed by atoms with Gasteiger partial charge < -0.3 is 0 Å². The number of carbonyl (C=O) groups is 2. The van der Waals surface area contributed by atoms with Gasteiger partial charge in [0.1, 0.15) is 0 Å². The fourth-order valence-electron chi connectivity index (χ4n) is 3.40. The summed E-state index contributed by atoms with van der Waals surface area (Å²) < 4.78 is 27.3. The van der Waals surface area contributed by atoms with Gasteiger partial charge in [0.05, 0.1) is 10.5 Å². The highest BCUT2D eigenvalue weighted by Gasteiger charge is 2.37. The summed E-state index contributed by atoms with van der Waals surface area (Å²) in [5.74, 6) is -0.711. The second kappa shape index (κ2) is 5.36. The Balaban J connectivity index is 1.95. The molecule has 1 fully saturated rings. The average molecular weight is 341 g/mol. The molecule has 6 heteroatoms. The van der Waals surface area contributed by atoms with Crippen LogP contribution in [0.1, 0.15) is 44.7 Å². The Morgan fingerprint density at radius 1 is 0.750 bits per heavy atom. The van der Waals surface area contributed by atoms with E-state index in [1.54, 1.807) is 24.3 Å². The summed E-state index contributed by atoms with van der Waals surface area (Å²) in [5, 5.41) is 0. The van der Waals surface area contributed by atoms with Crippen molar-refractivity contribution < 1.29 is 18.0 Å². The molecule has 0 N–H and O–H groups in total. The van der Waals surface area contributed by atoms with Crippen LogP contribution in [0.4, 0.5) is 0 Å². The van der Waals surface area contributed by atoms with Gasteiger partial charge in [0, 0.05) is 29.8 Å². The molecule has 1 saturated heterocycles. The Labute approximate surface area is 140 Å². The Hall–Kier alpha value is -2.31. The van der Waals surface area contributed by atoms with Crippen LogP contribution in [-0.4, -0.2) is 37.4 Å². The molecule has 0 spiro atoms. The highest BCUT2D eigenvalue weighted by Crippen LogP contribution is 2.33. The third-order valence-electron chi connectivity index (χ3n) is 4.60. The molecule has 0 radical (unpaired) electrons. The lowest BCUT2D eigenvalue weighted by atomic mass is 9.84. The summed E-state index contributed by atoms with van der Waals surface area (Å²) in [4.78, 5) is 25.5. The molecule has 4 rings (SSSR count). The van der Waals surface area contributed by atoms with E-state index in [0.717, 1.165) is 12.8 Å². The van der Waals surface area contributed by atoms with Gasteiger partial charge >= 0.3 is 0 Å². The highest BCUT2D eigenvalue weighted by atomic mass is 32.2. The maximum Gasteiger partial charge on any atom is 0.243 e. The van der Waals surface area contributed by atoms with Crippen LogP contribution in [-0.2, 0) is 10.0 Å². The van der Waals surface area contributed by atoms with E-state index in [9.17, 15) is 18.0 Å². The summed E-state index contributed by atoms with van der Waals surface area (Å²) in [7, 11) is -3.78. The summed E-state index contributed by atoms with van der Waals surface area (Å²) in [6, 6.07) is 11.0. The van der Waals surface area contributed by atoms with E-state index >= 15 is 0 Å². The van der Waals surface area contributed by atoms with Crippen LogP contribution in [0.15, 0.2) is 47.4 Å². The predicted molar refractivity (Wildman–Crippen MR) is 87.7 cm³/mol. The maximum atomic E-state index is 12.9. The smallest absolute Gasteiger partial charge is 0.243 e. The van der Waals surface area contributed by atoms with E-state index in [-0.39, 0.29) is 27.4 Å². The minimum Gasteiger partial charge on any atom is -0.289 e. The van der Waals surface area contributed by atoms with Gasteiger partial charge in [-0.2, -0.15) is 4.31 Å². The highest BCUT2D eigenvalue weighted by molar-refractivity contribution is 7.89. The molecular formula is C18H15NO4S. The second-order valence-corrected chi connectivity index (χ2v) is 7.90. The summed E-state index contributed by atoms with van der Waals surface area (Å²) >= 11 is 0. The number of hydrogen-bond acceptors (Lipinski definition) is 4. The number of carbonyl (C=O) groups excluding carboxylic acids is 2. The topological polar surface area (TPSA) is 71.5 Å². The van der Waals surface area contributed by atoms with Crippen molar-refractivity contribution in [1.82, 2.24) is 4.31 Å². The van der Waals surface area contributed by atoms with Gasteiger partial charge in [-0.3, -0.25) is 9.59 Å². The van der Waals surface area contributed by atoms with Gasteiger partial charge in [0.15, 0.2) is 11.6 Å². The van der Waals surface area contributed by atoms with Crippen LogP contribution in [0.25, 0.3) is 0 Å². The van der Waals surface area contributed by atoms with E-state index in [0.29, 0.717) is 18.7 Å². The minimum atomic E-state index is -3.78. The first-order valence-corrected chi connectivity index (χ1v) is 9.27. The molecule has 0 unspecified atom stereocenters. The number of rotatable bonds is 2. The number of nitrogens with zero attached hydrogens (tertiary/aromatic N) is 1. The van der Waals surface area contributed by atoms with Crippen LogP contribution in [0, 0.1) is 0 Å². The quantitative estimate of drug-likeness (QED) is 0.717. The van der Waals surface area contributed by atoms with E-state index in [1.807, 2.05) is 0 Å². The fraction of sp³-hybridized carbons (Fsp3) is 0.222. The fourth-order valence-corrected chi connectivity index (χ4v) is 5.12. The molecule has 1 heterocycles. The van der Waals surface area contributed by atoms with Crippen molar-refractivity contribution in [2.24, 2.45) is 0 Å². The third kappa shape index (κ3) is 2.07. The number of benzene rings is 2. The largest absolute Gasteiger partial charge is 0.289 e. The molecular weight excluding hydrogens is 326 g/mol.